The molecule has 0 saturated heterocycles. The molecule has 2 nitrogen and oxygen atoms in total. The lowest BCUT2D eigenvalue weighted by atomic mass is 10.0. The number of aliphatic hydroxyl groups excluding tert-OH is 1. The number of nitrogens with zero attached hydrogens (tertiary/aromatic N) is 1. The van der Waals surface area contributed by atoms with Crippen LogP contribution in [-0.2, 0) is 0 Å². The Hall–Kier alpha value is -0.780. The second kappa shape index (κ2) is 5.47. The number of pyridine rings is 1. The summed E-state index contributed by atoms with van der Waals surface area (Å²) in [6.07, 6.45) is 0.635. The van der Waals surface area contributed by atoms with Gasteiger partial charge in [-0.25, -0.2) is 4.39 Å². The van der Waals surface area contributed by atoms with Gasteiger partial charge >= 0.3 is 0 Å². The average molecular weight is 375 g/mol. The third kappa shape index (κ3) is 2.79. The van der Waals surface area contributed by atoms with E-state index in [1.807, 2.05) is 0 Å². The summed E-state index contributed by atoms with van der Waals surface area (Å²) in [6.45, 7) is 1.68. The fraction of sp³-hybridized carbons (Fsp3) is 0.154. The topological polar surface area (TPSA) is 33.1 Å². The maximum absolute atomic E-state index is 13.5. The minimum absolute atomic E-state index is 0.334. The van der Waals surface area contributed by atoms with Gasteiger partial charge in [0, 0.05) is 15.1 Å². The van der Waals surface area contributed by atoms with E-state index in [-0.39, 0.29) is 5.82 Å². The van der Waals surface area contributed by atoms with Crippen molar-refractivity contribution in [3.05, 3.63) is 62.0 Å². The van der Waals surface area contributed by atoms with E-state index in [9.17, 15) is 9.50 Å². The molecule has 0 radical (unpaired) electrons. The van der Waals surface area contributed by atoms with Gasteiger partial charge in [0.1, 0.15) is 11.9 Å². The van der Waals surface area contributed by atoms with Crippen molar-refractivity contribution in [1.29, 1.82) is 0 Å². The maximum Gasteiger partial charge on any atom is 0.126 e. The molecule has 0 amide bonds. The van der Waals surface area contributed by atoms with Crippen LogP contribution < -0.4 is 0 Å². The van der Waals surface area contributed by atoms with Gasteiger partial charge < -0.3 is 5.11 Å². The van der Waals surface area contributed by atoms with E-state index >= 15 is 0 Å². The van der Waals surface area contributed by atoms with Crippen molar-refractivity contribution in [3.8, 4) is 0 Å². The second-order valence-corrected chi connectivity index (χ2v) is 5.70. The minimum atomic E-state index is -0.956. The van der Waals surface area contributed by atoms with Crippen LogP contribution in [0.15, 0.2) is 39.4 Å². The van der Waals surface area contributed by atoms with E-state index in [1.54, 1.807) is 31.3 Å². The molecule has 0 aliphatic rings. The van der Waals surface area contributed by atoms with E-state index in [2.05, 4.69) is 36.8 Å². The van der Waals surface area contributed by atoms with Crippen molar-refractivity contribution in [2.75, 3.05) is 0 Å². The zero-order valence-electron chi connectivity index (χ0n) is 9.49. The molecule has 2 rings (SSSR count). The minimum Gasteiger partial charge on any atom is -0.382 e. The number of aromatic nitrogens is 1. The monoisotopic (exact) mass is 373 g/mol. The Morgan fingerprint density at radius 2 is 2.00 bits per heavy atom. The highest BCUT2D eigenvalue weighted by molar-refractivity contribution is 9.11. The van der Waals surface area contributed by atoms with Gasteiger partial charge in [-0.3, -0.25) is 4.98 Å². The normalized spacial score (nSPS) is 12.5. The molecule has 0 fully saturated rings. The highest BCUT2D eigenvalue weighted by Gasteiger charge is 2.16. The Balaban J connectivity index is 2.41. The summed E-state index contributed by atoms with van der Waals surface area (Å²) in [4.78, 5) is 4.14. The quantitative estimate of drug-likeness (QED) is 0.857. The molecular weight excluding hydrogens is 365 g/mol. The van der Waals surface area contributed by atoms with Crippen LogP contribution in [0.5, 0.6) is 0 Å². The first-order chi connectivity index (χ1) is 8.49. The number of aryl methyl sites for hydroxylation is 1. The van der Waals surface area contributed by atoms with Crippen molar-refractivity contribution in [3.63, 3.8) is 0 Å². The Morgan fingerprint density at radius 1 is 1.28 bits per heavy atom. The smallest absolute Gasteiger partial charge is 0.126 e. The van der Waals surface area contributed by atoms with Gasteiger partial charge in [0.2, 0.25) is 0 Å². The molecular formula is C13H10Br2FNO. The Labute approximate surface area is 121 Å². The molecule has 0 spiro atoms. The van der Waals surface area contributed by atoms with Crippen LogP contribution in [0.2, 0.25) is 0 Å². The van der Waals surface area contributed by atoms with E-state index in [0.717, 1.165) is 4.47 Å². The van der Waals surface area contributed by atoms with Gasteiger partial charge in [-0.05, 0) is 62.0 Å². The predicted octanol–water partition coefficient (Wildman–Crippen LogP) is 4.14. The maximum atomic E-state index is 13.5. The molecule has 0 aliphatic carbocycles. The van der Waals surface area contributed by atoms with Crippen molar-refractivity contribution < 1.29 is 9.50 Å². The molecule has 0 saturated carbocycles. The summed E-state index contributed by atoms with van der Waals surface area (Å²) in [7, 11) is 0. The Bertz CT molecular complexity index is 589. The first-order valence-electron chi connectivity index (χ1n) is 5.24. The van der Waals surface area contributed by atoms with Crippen molar-refractivity contribution >= 4 is 31.9 Å². The number of hydrogen-bond donors (Lipinski definition) is 1. The molecule has 1 aromatic carbocycles. The zero-order valence-corrected chi connectivity index (χ0v) is 12.7. The van der Waals surface area contributed by atoms with Crippen molar-refractivity contribution in [2.45, 2.75) is 13.0 Å². The largest absolute Gasteiger partial charge is 0.382 e. The SMILES string of the molecule is Cc1ccc(C(O)c2ncc(Br)cc2Br)cc1F. The summed E-state index contributed by atoms with van der Waals surface area (Å²) in [5.41, 5.74) is 1.49. The van der Waals surface area contributed by atoms with Crippen LogP contribution in [0.1, 0.15) is 22.9 Å². The molecule has 1 unspecified atom stereocenters. The van der Waals surface area contributed by atoms with Crippen LogP contribution in [0, 0.1) is 12.7 Å². The average Bonchev–Trinajstić information content (AvgIpc) is 2.32. The Kier molecular flexibility index (Phi) is 4.14. The number of aliphatic hydroxyl groups is 1. The van der Waals surface area contributed by atoms with Gasteiger partial charge in [0.05, 0.1) is 5.69 Å². The van der Waals surface area contributed by atoms with E-state index in [0.29, 0.717) is 21.3 Å². The molecule has 0 aliphatic heterocycles. The van der Waals surface area contributed by atoms with Gasteiger partial charge in [0.15, 0.2) is 0 Å². The fourth-order valence-electron chi connectivity index (χ4n) is 1.56. The van der Waals surface area contributed by atoms with E-state index < -0.39 is 6.10 Å². The lowest BCUT2D eigenvalue weighted by Gasteiger charge is -2.13. The van der Waals surface area contributed by atoms with Gasteiger partial charge in [-0.2, -0.15) is 0 Å². The predicted molar refractivity (Wildman–Crippen MR) is 74.8 cm³/mol. The summed E-state index contributed by atoms with van der Waals surface area (Å²) in [5.74, 6) is -0.334. The summed E-state index contributed by atoms with van der Waals surface area (Å²) < 4.78 is 14.9. The van der Waals surface area contributed by atoms with Crippen LogP contribution in [0.4, 0.5) is 4.39 Å². The van der Waals surface area contributed by atoms with Gasteiger partial charge in [-0.15, -0.1) is 0 Å². The highest BCUT2D eigenvalue weighted by atomic mass is 79.9. The second-order valence-electron chi connectivity index (χ2n) is 3.93. The third-order valence-corrected chi connectivity index (χ3v) is 3.68. The molecule has 18 heavy (non-hydrogen) atoms. The number of halogens is 3. The standard InChI is InChI=1S/C13H10Br2FNO/c1-7-2-3-8(4-11(7)16)13(18)12-10(15)5-9(14)6-17-12/h2-6,13,18H,1H3. The summed E-state index contributed by atoms with van der Waals surface area (Å²) in [6, 6.07) is 6.45. The van der Waals surface area contributed by atoms with Crippen LogP contribution in [0.25, 0.3) is 0 Å². The van der Waals surface area contributed by atoms with E-state index in [4.69, 9.17) is 0 Å². The number of rotatable bonds is 2. The molecule has 1 heterocycles. The molecule has 1 N–H and O–H groups in total. The first-order valence-corrected chi connectivity index (χ1v) is 6.82. The van der Waals surface area contributed by atoms with Crippen LogP contribution >= 0.6 is 31.9 Å². The third-order valence-electron chi connectivity index (χ3n) is 2.61. The molecule has 1 atom stereocenters. The molecule has 2 aromatic rings. The van der Waals surface area contributed by atoms with Crippen LogP contribution in [0.3, 0.4) is 0 Å². The molecule has 5 heteroatoms. The van der Waals surface area contributed by atoms with Crippen molar-refractivity contribution in [2.24, 2.45) is 0 Å². The zero-order chi connectivity index (χ0) is 13.3. The fourth-order valence-corrected chi connectivity index (χ4v) is 2.77. The first kappa shape index (κ1) is 13.6. The van der Waals surface area contributed by atoms with Gasteiger partial charge in [-0.1, -0.05) is 12.1 Å². The Morgan fingerprint density at radius 3 is 2.61 bits per heavy atom. The number of hydrogen-bond acceptors (Lipinski definition) is 2. The van der Waals surface area contributed by atoms with Gasteiger partial charge in [0.25, 0.3) is 0 Å². The molecule has 94 valence electrons. The molecule has 0 bridgehead atoms. The molecule has 1 aromatic heterocycles. The van der Waals surface area contributed by atoms with Crippen molar-refractivity contribution in [1.82, 2.24) is 4.98 Å². The summed E-state index contributed by atoms with van der Waals surface area (Å²) in [5, 5.41) is 10.2. The highest BCUT2D eigenvalue weighted by Crippen LogP contribution is 2.29. The lowest BCUT2D eigenvalue weighted by Crippen LogP contribution is -2.04. The van der Waals surface area contributed by atoms with Crippen LogP contribution in [-0.4, -0.2) is 10.1 Å². The summed E-state index contributed by atoms with van der Waals surface area (Å²) >= 11 is 6.62. The number of benzene rings is 1. The van der Waals surface area contributed by atoms with E-state index in [1.165, 1.54) is 6.07 Å². The lowest BCUT2D eigenvalue weighted by molar-refractivity contribution is 0.214.